The van der Waals surface area contributed by atoms with Crippen LogP contribution in [0.4, 0.5) is 5.69 Å². The lowest BCUT2D eigenvalue weighted by Gasteiger charge is -2.36. The average Bonchev–Trinajstić information content (AvgIpc) is 3.51. The number of anilines is 1. The molecule has 0 aliphatic carbocycles. The van der Waals surface area contributed by atoms with Crippen LogP contribution in [0.5, 0.6) is 0 Å². The van der Waals surface area contributed by atoms with Gasteiger partial charge >= 0.3 is 11.1 Å². The Morgan fingerprint density at radius 1 is 0.750 bits per heavy atom. The lowest BCUT2D eigenvalue weighted by atomic mass is 10.1. The molecular formula is C36H36N6O2. The fourth-order valence-electron chi connectivity index (χ4n) is 6.23. The third kappa shape index (κ3) is 5.56. The number of aromatic nitrogens is 4. The molecule has 44 heavy (non-hydrogen) atoms. The highest BCUT2D eigenvalue weighted by Crippen LogP contribution is 2.29. The first-order valence-corrected chi connectivity index (χ1v) is 15.4. The molecule has 2 aromatic heterocycles. The molecule has 0 amide bonds. The number of nitrogens with zero attached hydrogens (tertiary/aromatic N) is 4. The van der Waals surface area contributed by atoms with Gasteiger partial charge in [0.1, 0.15) is 11.3 Å². The Bertz CT molecular complexity index is 2030. The number of aryl methyl sites for hydroxylation is 3. The molecule has 0 saturated carbocycles. The number of benzene rings is 4. The molecule has 0 radical (unpaired) electrons. The number of imidazole rings is 1. The topological polar surface area (TPSA) is 90.0 Å². The Kier molecular flexibility index (Phi) is 7.58. The average molecular weight is 585 g/mol. The van der Waals surface area contributed by atoms with Crippen molar-refractivity contribution in [2.24, 2.45) is 0 Å². The maximum absolute atomic E-state index is 12.9. The van der Waals surface area contributed by atoms with Gasteiger partial charge in [-0.25, -0.2) is 4.98 Å². The lowest BCUT2D eigenvalue weighted by molar-refractivity contribution is 0.250. The van der Waals surface area contributed by atoms with Gasteiger partial charge in [0.15, 0.2) is 0 Å². The number of fused-ring (bicyclic) bond motifs is 2. The molecule has 6 aromatic rings. The van der Waals surface area contributed by atoms with E-state index in [2.05, 4.69) is 81.3 Å². The number of piperazine rings is 1. The van der Waals surface area contributed by atoms with E-state index in [1.807, 2.05) is 36.4 Å². The standard InChI is InChI=1S/C36H36N6O2/c1-2-25-11-14-28(15-12-25)34-37-30-9-6-10-31(33(30)39-34)41-21-19-40(20-22-41)24-27-13-16-29-32(23-27)42(36(44)35(43)38-29)18-17-26-7-4-3-5-8-26/h3-16,23H,2,17-22,24H2,1H3,(H,37,39)(H,38,43). The maximum atomic E-state index is 12.9. The smallest absolute Gasteiger partial charge is 0.316 e. The second-order valence-corrected chi connectivity index (χ2v) is 11.6. The van der Waals surface area contributed by atoms with E-state index in [0.29, 0.717) is 18.5 Å². The van der Waals surface area contributed by atoms with Crippen molar-refractivity contribution in [1.82, 2.24) is 24.4 Å². The molecule has 2 N–H and O–H groups in total. The highest BCUT2D eigenvalue weighted by molar-refractivity contribution is 5.91. The highest BCUT2D eigenvalue weighted by Gasteiger charge is 2.21. The third-order valence-corrected chi connectivity index (χ3v) is 8.75. The van der Waals surface area contributed by atoms with Crippen molar-refractivity contribution in [3.8, 4) is 11.4 Å². The van der Waals surface area contributed by atoms with Gasteiger partial charge in [0.05, 0.1) is 22.2 Å². The monoisotopic (exact) mass is 584 g/mol. The summed E-state index contributed by atoms with van der Waals surface area (Å²) in [6, 6.07) is 31.1. The van der Waals surface area contributed by atoms with Gasteiger partial charge in [-0.1, -0.05) is 73.7 Å². The van der Waals surface area contributed by atoms with Crippen LogP contribution in [0.25, 0.3) is 33.5 Å². The molecule has 0 unspecified atom stereocenters. The summed E-state index contributed by atoms with van der Waals surface area (Å²) in [7, 11) is 0. The minimum atomic E-state index is -0.581. The highest BCUT2D eigenvalue weighted by atomic mass is 16.2. The lowest BCUT2D eigenvalue weighted by Crippen LogP contribution is -2.46. The van der Waals surface area contributed by atoms with Gasteiger partial charge in [0, 0.05) is 44.8 Å². The summed E-state index contributed by atoms with van der Waals surface area (Å²) in [6.07, 6.45) is 1.70. The van der Waals surface area contributed by atoms with Crippen LogP contribution in [-0.4, -0.2) is 50.6 Å². The summed E-state index contributed by atoms with van der Waals surface area (Å²) in [5.41, 5.74) is 8.25. The van der Waals surface area contributed by atoms with Crippen molar-refractivity contribution in [3.05, 3.63) is 128 Å². The van der Waals surface area contributed by atoms with Gasteiger partial charge in [-0.2, -0.15) is 0 Å². The van der Waals surface area contributed by atoms with Crippen LogP contribution in [0.3, 0.4) is 0 Å². The second-order valence-electron chi connectivity index (χ2n) is 11.6. The van der Waals surface area contributed by atoms with Crippen LogP contribution in [0.1, 0.15) is 23.6 Å². The molecule has 0 bridgehead atoms. The zero-order valence-corrected chi connectivity index (χ0v) is 24.9. The zero-order valence-electron chi connectivity index (χ0n) is 24.9. The molecule has 1 aliphatic rings. The van der Waals surface area contributed by atoms with Crippen LogP contribution < -0.4 is 16.0 Å². The summed E-state index contributed by atoms with van der Waals surface area (Å²) in [5, 5.41) is 0. The SMILES string of the molecule is CCc1ccc(-c2nc3c(N4CCN(Cc5ccc6[nH]c(=O)c(=O)n(CCc7ccccc7)c6c5)CC4)cccc3[nH]2)cc1. The van der Waals surface area contributed by atoms with Crippen molar-refractivity contribution in [2.45, 2.75) is 32.9 Å². The Morgan fingerprint density at radius 2 is 1.52 bits per heavy atom. The van der Waals surface area contributed by atoms with Crippen molar-refractivity contribution >= 4 is 27.8 Å². The minimum Gasteiger partial charge on any atom is -0.367 e. The van der Waals surface area contributed by atoms with Gasteiger partial charge in [0.25, 0.3) is 0 Å². The predicted octanol–water partition coefficient (Wildman–Crippen LogP) is 5.36. The van der Waals surface area contributed by atoms with Gasteiger partial charge in [-0.15, -0.1) is 0 Å². The summed E-state index contributed by atoms with van der Waals surface area (Å²) in [4.78, 5) is 41.4. The van der Waals surface area contributed by atoms with Crippen LogP contribution in [0.2, 0.25) is 0 Å². The fourth-order valence-corrected chi connectivity index (χ4v) is 6.23. The second kappa shape index (κ2) is 12.0. The molecule has 3 heterocycles. The Labute approximate surface area is 255 Å². The molecular weight excluding hydrogens is 548 g/mol. The van der Waals surface area contributed by atoms with E-state index in [1.54, 1.807) is 4.57 Å². The maximum Gasteiger partial charge on any atom is 0.316 e. The quantitative estimate of drug-likeness (QED) is 0.235. The first-order valence-electron chi connectivity index (χ1n) is 15.4. The molecule has 222 valence electrons. The first kappa shape index (κ1) is 27.9. The van der Waals surface area contributed by atoms with Crippen LogP contribution in [0, 0.1) is 0 Å². The number of hydrogen-bond acceptors (Lipinski definition) is 5. The van der Waals surface area contributed by atoms with Gasteiger partial charge < -0.3 is 19.4 Å². The number of hydrogen-bond donors (Lipinski definition) is 2. The normalized spacial score (nSPS) is 14.1. The Morgan fingerprint density at radius 3 is 2.30 bits per heavy atom. The summed E-state index contributed by atoms with van der Waals surface area (Å²) in [5.74, 6) is 0.897. The van der Waals surface area contributed by atoms with Crippen LogP contribution in [-0.2, 0) is 25.9 Å². The summed E-state index contributed by atoms with van der Waals surface area (Å²) in [6.45, 7) is 7.02. The Balaban J connectivity index is 1.07. The number of rotatable bonds is 8. The molecule has 4 aromatic carbocycles. The fraction of sp³-hybridized carbons (Fsp3) is 0.250. The van der Waals surface area contributed by atoms with Crippen molar-refractivity contribution in [3.63, 3.8) is 0 Å². The molecule has 0 atom stereocenters. The third-order valence-electron chi connectivity index (χ3n) is 8.75. The van der Waals surface area contributed by atoms with E-state index >= 15 is 0 Å². The number of para-hydroxylation sites is 1. The summed E-state index contributed by atoms with van der Waals surface area (Å²) >= 11 is 0. The molecule has 1 aliphatic heterocycles. The van der Waals surface area contributed by atoms with E-state index < -0.39 is 11.1 Å². The van der Waals surface area contributed by atoms with E-state index in [9.17, 15) is 9.59 Å². The molecule has 8 heteroatoms. The van der Waals surface area contributed by atoms with Crippen molar-refractivity contribution in [2.75, 3.05) is 31.1 Å². The van der Waals surface area contributed by atoms with Gasteiger partial charge in [-0.3, -0.25) is 14.5 Å². The number of nitrogens with one attached hydrogen (secondary N) is 2. The molecule has 1 fully saturated rings. The van der Waals surface area contributed by atoms with Gasteiger partial charge in [0.2, 0.25) is 0 Å². The number of aromatic amines is 2. The van der Waals surface area contributed by atoms with Crippen LogP contribution in [0.15, 0.2) is 101 Å². The molecule has 1 saturated heterocycles. The summed E-state index contributed by atoms with van der Waals surface area (Å²) < 4.78 is 1.62. The largest absolute Gasteiger partial charge is 0.367 e. The zero-order chi connectivity index (χ0) is 30.0. The first-order chi connectivity index (χ1) is 21.6. The van der Waals surface area contributed by atoms with Crippen LogP contribution >= 0.6 is 0 Å². The van der Waals surface area contributed by atoms with Crippen molar-refractivity contribution < 1.29 is 0 Å². The minimum absolute atomic E-state index is 0.454. The molecule has 7 rings (SSSR count). The van der Waals surface area contributed by atoms with E-state index in [4.69, 9.17) is 4.98 Å². The molecule has 0 spiro atoms. The van der Waals surface area contributed by atoms with E-state index in [1.165, 1.54) is 5.56 Å². The number of H-pyrrole nitrogens is 2. The predicted molar refractivity (Wildman–Crippen MR) is 177 cm³/mol. The van der Waals surface area contributed by atoms with E-state index in [0.717, 1.165) is 83.9 Å². The van der Waals surface area contributed by atoms with E-state index in [-0.39, 0.29) is 0 Å². The molecule has 8 nitrogen and oxygen atoms in total. The van der Waals surface area contributed by atoms with Crippen molar-refractivity contribution in [1.29, 1.82) is 0 Å². The Hall–Kier alpha value is -4.95. The van der Waals surface area contributed by atoms with Gasteiger partial charge in [-0.05, 0) is 53.8 Å².